The van der Waals surface area contributed by atoms with Gasteiger partial charge in [-0.2, -0.15) is 0 Å². The minimum atomic E-state index is 0.0388. The molecular formula is C19H25N5OS. The van der Waals surface area contributed by atoms with Gasteiger partial charge in [0.1, 0.15) is 0 Å². The highest BCUT2D eigenvalue weighted by molar-refractivity contribution is 7.11. The molecule has 138 valence electrons. The van der Waals surface area contributed by atoms with Gasteiger partial charge in [-0.1, -0.05) is 0 Å². The van der Waals surface area contributed by atoms with Gasteiger partial charge in [-0.3, -0.25) is 14.0 Å². The van der Waals surface area contributed by atoms with Crippen molar-refractivity contribution in [2.45, 2.75) is 39.8 Å². The molecule has 6 nitrogen and oxygen atoms in total. The number of pyridine rings is 1. The topological polar surface area (TPSA) is 56.0 Å². The van der Waals surface area contributed by atoms with Gasteiger partial charge in [0.2, 0.25) is 0 Å². The van der Waals surface area contributed by atoms with Gasteiger partial charge < -0.3 is 0 Å². The van der Waals surface area contributed by atoms with Gasteiger partial charge in [-0.15, -0.1) is 11.3 Å². The summed E-state index contributed by atoms with van der Waals surface area (Å²) in [4.78, 5) is 25.4. The maximum atomic E-state index is 12.6. The summed E-state index contributed by atoms with van der Waals surface area (Å²) in [5, 5.41) is 1.15. The zero-order valence-electron chi connectivity index (χ0n) is 15.6. The summed E-state index contributed by atoms with van der Waals surface area (Å²) in [6.07, 6.45) is 4.00. The molecule has 26 heavy (non-hydrogen) atoms. The molecule has 3 aromatic heterocycles. The molecule has 1 saturated heterocycles. The van der Waals surface area contributed by atoms with E-state index in [0.29, 0.717) is 5.92 Å². The number of rotatable bonds is 4. The van der Waals surface area contributed by atoms with Crippen molar-refractivity contribution < 1.29 is 0 Å². The summed E-state index contributed by atoms with van der Waals surface area (Å²) in [6, 6.07) is 3.84. The van der Waals surface area contributed by atoms with E-state index in [-0.39, 0.29) is 5.69 Å². The Kier molecular flexibility index (Phi) is 4.67. The Balaban J connectivity index is 1.42. The SMILES string of the molecule is Cc1nc(C)c(CN2CCC(Cn3c(=O)n(C)c4cccnc43)CC2)s1. The maximum Gasteiger partial charge on any atom is 0.330 e. The minimum Gasteiger partial charge on any atom is -0.298 e. The first-order chi connectivity index (χ1) is 12.5. The van der Waals surface area contributed by atoms with Crippen molar-refractivity contribution in [1.29, 1.82) is 0 Å². The minimum absolute atomic E-state index is 0.0388. The fourth-order valence-corrected chi connectivity index (χ4v) is 4.89. The van der Waals surface area contributed by atoms with Crippen LogP contribution in [0.2, 0.25) is 0 Å². The summed E-state index contributed by atoms with van der Waals surface area (Å²) in [7, 11) is 1.82. The highest BCUT2D eigenvalue weighted by atomic mass is 32.1. The molecule has 0 aromatic carbocycles. The smallest absolute Gasteiger partial charge is 0.298 e. The normalized spacial score (nSPS) is 16.6. The van der Waals surface area contributed by atoms with Crippen LogP contribution in [0.15, 0.2) is 23.1 Å². The molecule has 0 saturated carbocycles. The van der Waals surface area contributed by atoms with Crippen molar-refractivity contribution in [2.24, 2.45) is 13.0 Å². The van der Waals surface area contributed by atoms with Crippen LogP contribution in [0.5, 0.6) is 0 Å². The lowest BCUT2D eigenvalue weighted by molar-refractivity contribution is 0.168. The van der Waals surface area contributed by atoms with Gasteiger partial charge in [-0.05, 0) is 57.8 Å². The zero-order valence-corrected chi connectivity index (χ0v) is 16.4. The first-order valence-corrected chi connectivity index (χ1v) is 10.00. The summed E-state index contributed by atoms with van der Waals surface area (Å²) < 4.78 is 3.55. The van der Waals surface area contributed by atoms with Crippen LogP contribution in [0.3, 0.4) is 0 Å². The largest absolute Gasteiger partial charge is 0.330 e. The van der Waals surface area contributed by atoms with E-state index in [4.69, 9.17) is 0 Å². The molecule has 0 bridgehead atoms. The monoisotopic (exact) mass is 371 g/mol. The second-order valence-electron chi connectivity index (χ2n) is 7.26. The predicted molar refractivity (Wildman–Crippen MR) is 105 cm³/mol. The molecule has 0 aliphatic carbocycles. The van der Waals surface area contributed by atoms with Crippen LogP contribution in [-0.2, 0) is 20.1 Å². The number of likely N-dealkylation sites (tertiary alicyclic amines) is 1. The standard InChI is InChI=1S/C19H25N5OS/c1-13-17(26-14(2)21-13)12-23-9-6-15(7-10-23)11-24-18-16(5-4-8-20-18)22(3)19(24)25/h4-5,8,15H,6-7,9-12H2,1-3H3. The van der Waals surface area contributed by atoms with E-state index in [0.717, 1.165) is 55.2 Å². The Morgan fingerprint density at radius 2 is 2.04 bits per heavy atom. The number of thiazole rings is 1. The summed E-state index contributed by atoms with van der Waals surface area (Å²) in [5.74, 6) is 0.529. The van der Waals surface area contributed by atoms with Gasteiger partial charge in [0.15, 0.2) is 5.65 Å². The van der Waals surface area contributed by atoms with Crippen molar-refractivity contribution >= 4 is 22.5 Å². The molecule has 0 amide bonds. The third-order valence-corrected chi connectivity index (χ3v) is 6.47. The van der Waals surface area contributed by atoms with E-state index >= 15 is 0 Å². The van der Waals surface area contributed by atoms with Gasteiger partial charge in [0.25, 0.3) is 0 Å². The average Bonchev–Trinajstić information content (AvgIpc) is 3.08. The van der Waals surface area contributed by atoms with E-state index in [9.17, 15) is 4.79 Å². The molecule has 4 rings (SSSR count). The number of hydrogen-bond acceptors (Lipinski definition) is 5. The maximum absolute atomic E-state index is 12.6. The lowest BCUT2D eigenvalue weighted by Crippen LogP contribution is -2.36. The molecule has 7 heteroatoms. The molecule has 1 aliphatic heterocycles. The van der Waals surface area contributed by atoms with Crippen molar-refractivity contribution in [3.8, 4) is 0 Å². The van der Waals surface area contributed by atoms with Crippen LogP contribution in [0.25, 0.3) is 11.2 Å². The second kappa shape index (κ2) is 6.96. The van der Waals surface area contributed by atoms with E-state index in [1.54, 1.807) is 10.8 Å². The lowest BCUT2D eigenvalue weighted by atomic mass is 9.96. The van der Waals surface area contributed by atoms with Crippen LogP contribution in [0.1, 0.15) is 28.4 Å². The van der Waals surface area contributed by atoms with Crippen LogP contribution >= 0.6 is 11.3 Å². The second-order valence-corrected chi connectivity index (χ2v) is 8.55. The first kappa shape index (κ1) is 17.4. The summed E-state index contributed by atoms with van der Waals surface area (Å²) >= 11 is 1.81. The molecule has 0 atom stereocenters. The Morgan fingerprint density at radius 3 is 2.73 bits per heavy atom. The Hall–Kier alpha value is -1.99. The third-order valence-electron chi connectivity index (χ3n) is 5.42. The molecular weight excluding hydrogens is 346 g/mol. The fraction of sp³-hybridized carbons (Fsp3) is 0.526. The molecule has 0 radical (unpaired) electrons. The Labute approximate surface area is 157 Å². The van der Waals surface area contributed by atoms with E-state index < -0.39 is 0 Å². The van der Waals surface area contributed by atoms with Crippen molar-refractivity contribution in [3.05, 3.63) is 44.4 Å². The average molecular weight is 372 g/mol. The number of hydrogen-bond donors (Lipinski definition) is 0. The molecule has 3 aromatic rings. The van der Waals surface area contributed by atoms with Crippen LogP contribution in [0, 0.1) is 19.8 Å². The number of fused-ring (bicyclic) bond motifs is 1. The Bertz CT molecular complexity index is 978. The highest BCUT2D eigenvalue weighted by Gasteiger charge is 2.23. The van der Waals surface area contributed by atoms with Crippen molar-refractivity contribution in [2.75, 3.05) is 13.1 Å². The van der Waals surface area contributed by atoms with E-state index in [1.807, 2.05) is 35.1 Å². The summed E-state index contributed by atoms with van der Waals surface area (Å²) in [5.41, 5.74) is 2.92. The first-order valence-electron chi connectivity index (χ1n) is 9.18. The third kappa shape index (κ3) is 3.21. The van der Waals surface area contributed by atoms with E-state index in [2.05, 4.69) is 28.7 Å². The summed E-state index contributed by atoms with van der Waals surface area (Å²) in [6.45, 7) is 8.09. The van der Waals surface area contributed by atoms with Crippen LogP contribution < -0.4 is 5.69 Å². The molecule has 4 heterocycles. The number of nitrogens with zero attached hydrogens (tertiary/aromatic N) is 5. The number of piperidine rings is 1. The lowest BCUT2D eigenvalue weighted by Gasteiger charge is -2.31. The van der Waals surface area contributed by atoms with Gasteiger partial charge >= 0.3 is 5.69 Å². The van der Waals surface area contributed by atoms with Gasteiger partial charge in [0, 0.05) is 31.2 Å². The Morgan fingerprint density at radius 1 is 1.27 bits per heavy atom. The highest BCUT2D eigenvalue weighted by Crippen LogP contribution is 2.24. The molecule has 1 aliphatic rings. The molecule has 0 N–H and O–H groups in total. The van der Waals surface area contributed by atoms with E-state index in [1.165, 1.54) is 10.6 Å². The van der Waals surface area contributed by atoms with Crippen molar-refractivity contribution in [3.63, 3.8) is 0 Å². The van der Waals surface area contributed by atoms with Crippen LogP contribution in [-0.4, -0.2) is 37.1 Å². The molecule has 0 unspecified atom stereocenters. The van der Waals surface area contributed by atoms with Gasteiger partial charge in [0.05, 0.1) is 16.2 Å². The quantitative estimate of drug-likeness (QED) is 0.708. The van der Waals surface area contributed by atoms with Crippen LogP contribution in [0.4, 0.5) is 0 Å². The predicted octanol–water partition coefficient (Wildman–Crippen LogP) is 2.72. The number of imidazole rings is 1. The number of aromatic nitrogens is 4. The number of aryl methyl sites for hydroxylation is 3. The van der Waals surface area contributed by atoms with Gasteiger partial charge in [-0.25, -0.2) is 14.8 Å². The fourth-order valence-electron chi connectivity index (χ4n) is 3.91. The van der Waals surface area contributed by atoms with Crippen molar-refractivity contribution in [1.82, 2.24) is 24.0 Å². The zero-order chi connectivity index (χ0) is 18.3. The molecule has 0 spiro atoms. The molecule has 1 fully saturated rings.